The van der Waals surface area contributed by atoms with E-state index in [0.29, 0.717) is 23.0 Å². The molecule has 0 heterocycles. The van der Waals surface area contributed by atoms with Crippen molar-refractivity contribution in [3.8, 4) is 5.75 Å². The minimum absolute atomic E-state index is 0.0452. The number of hydrogen-bond donors (Lipinski definition) is 2. The summed E-state index contributed by atoms with van der Waals surface area (Å²) in [6.07, 6.45) is 2.00. The Morgan fingerprint density at radius 3 is 2.61 bits per heavy atom. The van der Waals surface area contributed by atoms with Crippen molar-refractivity contribution >= 4 is 40.9 Å². The molecule has 1 aromatic carbocycles. The lowest BCUT2D eigenvalue weighted by molar-refractivity contribution is -0.118. The summed E-state index contributed by atoms with van der Waals surface area (Å²) in [5, 5.41) is 6.17. The van der Waals surface area contributed by atoms with Gasteiger partial charge in [-0.1, -0.05) is 24.9 Å². The molecule has 1 aromatic rings. The summed E-state index contributed by atoms with van der Waals surface area (Å²) in [6, 6.07) is 3.43. The van der Waals surface area contributed by atoms with Gasteiger partial charge in [-0.3, -0.25) is 9.59 Å². The monoisotopic (exact) mass is 358 g/mol. The average molecular weight is 359 g/mol. The Morgan fingerprint density at radius 2 is 1.96 bits per heavy atom. The number of carbonyl (C=O) groups is 2. The van der Waals surface area contributed by atoms with Crippen LogP contribution < -0.4 is 15.4 Å². The Balaban J connectivity index is 2.42. The van der Waals surface area contributed by atoms with Crippen molar-refractivity contribution in [3.05, 3.63) is 22.7 Å². The number of rotatable bonds is 9. The predicted molar refractivity (Wildman–Crippen MR) is 96.6 cm³/mol. The first-order chi connectivity index (χ1) is 11.0. The highest BCUT2D eigenvalue weighted by molar-refractivity contribution is 8.00. The van der Waals surface area contributed by atoms with Crippen molar-refractivity contribution < 1.29 is 14.3 Å². The van der Waals surface area contributed by atoms with E-state index >= 15 is 0 Å². The third kappa shape index (κ3) is 7.14. The molecule has 0 saturated carbocycles. The van der Waals surface area contributed by atoms with Crippen LogP contribution in [0.1, 0.15) is 25.3 Å². The first-order valence-corrected chi connectivity index (χ1v) is 8.99. The molecule has 0 aliphatic rings. The van der Waals surface area contributed by atoms with Crippen molar-refractivity contribution in [2.75, 3.05) is 30.5 Å². The summed E-state index contributed by atoms with van der Waals surface area (Å²) in [7, 11) is 1.52. The van der Waals surface area contributed by atoms with Gasteiger partial charge in [0.15, 0.2) is 0 Å². The highest BCUT2D eigenvalue weighted by Crippen LogP contribution is 2.30. The number of nitrogens with one attached hydrogen (secondary N) is 2. The van der Waals surface area contributed by atoms with Crippen LogP contribution in [0.4, 0.5) is 5.69 Å². The first-order valence-electron chi connectivity index (χ1n) is 7.46. The van der Waals surface area contributed by atoms with Crippen LogP contribution in [0, 0.1) is 6.92 Å². The third-order valence-corrected chi connectivity index (χ3v) is 4.41. The average Bonchev–Trinajstić information content (AvgIpc) is 2.51. The highest BCUT2D eigenvalue weighted by Gasteiger charge is 2.11. The fourth-order valence-corrected chi connectivity index (χ4v) is 2.61. The van der Waals surface area contributed by atoms with Gasteiger partial charge in [-0.15, -0.1) is 11.8 Å². The Labute approximate surface area is 146 Å². The van der Waals surface area contributed by atoms with Crippen LogP contribution in [0.15, 0.2) is 12.1 Å². The van der Waals surface area contributed by atoms with Crippen molar-refractivity contribution in [2.45, 2.75) is 26.7 Å². The topological polar surface area (TPSA) is 67.4 Å². The molecule has 0 spiro atoms. The van der Waals surface area contributed by atoms with Gasteiger partial charge in [0.1, 0.15) is 5.75 Å². The second kappa shape index (κ2) is 10.4. The van der Waals surface area contributed by atoms with E-state index in [9.17, 15) is 9.59 Å². The van der Waals surface area contributed by atoms with Gasteiger partial charge in [-0.2, -0.15) is 0 Å². The maximum Gasteiger partial charge on any atom is 0.234 e. The molecule has 0 atom stereocenters. The normalized spacial score (nSPS) is 10.3. The third-order valence-electron chi connectivity index (χ3n) is 3.07. The van der Waals surface area contributed by atoms with Gasteiger partial charge in [0.25, 0.3) is 0 Å². The lowest BCUT2D eigenvalue weighted by Crippen LogP contribution is -2.27. The van der Waals surface area contributed by atoms with Gasteiger partial charge in [-0.25, -0.2) is 0 Å². The summed E-state index contributed by atoms with van der Waals surface area (Å²) in [6.45, 7) is 4.61. The van der Waals surface area contributed by atoms with E-state index in [2.05, 4.69) is 17.6 Å². The first kappa shape index (κ1) is 19.6. The van der Waals surface area contributed by atoms with Crippen LogP contribution >= 0.6 is 23.4 Å². The lowest BCUT2D eigenvalue weighted by atomic mass is 10.2. The molecule has 5 nitrogen and oxygen atoms in total. The minimum Gasteiger partial charge on any atom is -0.495 e. The highest BCUT2D eigenvalue weighted by atomic mass is 35.5. The summed E-state index contributed by atoms with van der Waals surface area (Å²) >= 11 is 7.31. The van der Waals surface area contributed by atoms with E-state index in [1.54, 1.807) is 12.1 Å². The Hall–Kier alpha value is -1.40. The minimum atomic E-state index is -0.184. The number of halogens is 1. The zero-order valence-electron chi connectivity index (χ0n) is 13.7. The number of hydrogen-bond acceptors (Lipinski definition) is 4. The quantitative estimate of drug-likeness (QED) is 0.665. The number of thioether (sulfide) groups is 1. The van der Waals surface area contributed by atoms with E-state index in [1.807, 2.05) is 6.92 Å². The van der Waals surface area contributed by atoms with Gasteiger partial charge >= 0.3 is 0 Å². The summed E-state index contributed by atoms with van der Waals surface area (Å²) in [5.41, 5.74) is 1.43. The van der Waals surface area contributed by atoms with Crippen molar-refractivity contribution in [2.24, 2.45) is 0 Å². The molecule has 7 heteroatoms. The zero-order chi connectivity index (χ0) is 17.2. The molecule has 0 fully saturated rings. The number of carbonyl (C=O) groups excluding carboxylic acids is 2. The summed E-state index contributed by atoms with van der Waals surface area (Å²) in [5.74, 6) is 0.753. The number of benzene rings is 1. The SMILES string of the molecule is CCCCNC(=O)CSCC(=O)Nc1cc(C)c(Cl)cc1OC. The second-order valence-corrected chi connectivity index (χ2v) is 6.44. The molecule has 1 rings (SSSR count). The van der Waals surface area contributed by atoms with Crippen LogP contribution in [0.5, 0.6) is 5.75 Å². The molecule has 0 aliphatic carbocycles. The molecule has 0 saturated heterocycles. The molecule has 0 bridgehead atoms. The molecule has 0 radical (unpaired) electrons. The molecule has 0 aromatic heterocycles. The molecule has 0 aliphatic heterocycles. The van der Waals surface area contributed by atoms with Gasteiger partial charge in [0, 0.05) is 17.6 Å². The van der Waals surface area contributed by atoms with Crippen molar-refractivity contribution in [3.63, 3.8) is 0 Å². The number of aryl methyl sites for hydroxylation is 1. The number of unbranched alkanes of at least 4 members (excludes halogenated alkanes) is 1. The summed E-state index contributed by atoms with van der Waals surface area (Å²) < 4.78 is 5.21. The van der Waals surface area contributed by atoms with Crippen molar-refractivity contribution in [1.29, 1.82) is 0 Å². The Kier molecular flexibility index (Phi) is 8.87. The Morgan fingerprint density at radius 1 is 1.26 bits per heavy atom. The molecular weight excluding hydrogens is 336 g/mol. The molecule has 2 amide bonds. The smallest absolute Gasteiger partial charge is 0.234 e. The number of anilines is 1. The second-order valence-electron chi connectivity index (χ2n) is 5.05. The fourth-order valence-electron chi connectivity index (χ4n) is 1.81. The molecular formula is C16H23ClN2O3S. The van der Waals surface area contributed by atoms with E-state index in [4.69, 9.17) is 16.3 Å². The van der Waals surface area contributed by atoms with Gasteiger partial charge in [0.05, 0.1) is 24.3 Å². The standard InChI is InChI=1S/C16H23ClN2O3S/c1-4-5-6-18-15(20)9-23-10-16(21)19-13-7-11(2)12(17)8-14(13)22-3/h7-8H,4-6,9-10H2,1-3H3,(H,18,20)(H,19,21). The molecule has 0 unspecified atom stereocenters. The van der Waals surface area contributed by atoms with E-state index in [1.165, 1.54) is 18.9 Å². The van der Waals surface area contributed by atoms with Gasteiger partial charge in [0.2, 0.25) is 11.8 Å². The maximum absolute atomic E-state index is 12.0. The Bertz CT molecular complexity index is 552. The van der Waals surface area contributed by atoms with Crippen LogP contribution in [0.3, 0.4) is 0 Å². The largest absolute Gasteiger partial charge is 0.495 e. The van der Waals surface area contributed by atoms with Crippen LogP contribution in [0.2, 0.25) is 5.02 Å². The van der Waals surface area contributed by atoms with Crippen LogP contribution in [-0.2, 0) is 9.59 Å². The number of amides is 2. The summed E-state index contributed by atoms with van der Waals surface area (Å²) in [4.78, 5) is 23.5. The van der Waals surface area contributed by atoms with Gasteiger partial charge in [-0.05, 0) is 25.0 Å². The van der Waals surface area contributed by atoms with E-state index in [0.717, 1.165) is 18.4 Å². The maximum atomic E-state index is 12.0. The van der Waals surface area contributed by atoms with E-state index < -0.39 is 0 Å². The van der Waals surface area contributed by atoms with Gasteiger partial charge < -0.3 is 15.4 Å². The lowest BCUT2D eigenvalue weighted by Gasteiger charge is -2.12. The van der Waals surface area contributed by atoms with Crippen molar-refractivity contribution in [1.82, 2.24) is 5.32 Å². The number of methoxy groups -OCH3 is 1. The fraction of sp³-hybridized carbons (Fsp3) is 0.500. The van der Waals surface area contributed by atoms with Crippen LogP contribution in [-0.4, -0.2) is 37.0 Å². The zero-order valence-corrected chi connectivity index (χ0v) is 15.3. The molecule has 2 N–H and O–H groups in total. The molecule has 23 heavy (non-hydrogen) atoms. The van der Waals surface area contributed by atoms with E-state index in [-0.39, 0.29) is 23.3 Å². The predicted octanol–water partition coefficient (Wildman–Crippen LogP) is 3.25. The number of ether oxygens (including phenoxy) is 1. The molecule has 128 valence electrons. The van der Waals surface area contributed by atoms with Crippen LogP contribution in [0.25, 0.3) is 0 Å².